The van der Waals surface area contributed by atoms with E-state index in [0.717, 1.165) is 19.3 Å². The summed E-state index contributed by atoms with van der Waals surface area (Å²) in [5.74, 6) is -1.07. The summed E-state index contributed by atoms with van der Waals surface area (Å²) >= 11 is 0. The van der Waals surface area contributed by atoms with Crippen molar-refractivity contribution in [2.45, 2.75) is 26.2 Å². The quantitative estimate of drug-likeness (QED) is 0.418. The molecule has 0 N–H and O–H groups in total. The smallest absolute Gasteiger partial charge is 0.248 e. The minimum atomic E-state index is -0.599. The molecule has 0 bridgehead atoms. The van der Waals surface area contributed by atoms with E-state index in [1.54, 1.807) is 0 Å². The average Bonchev–Trinajstić information content (AvgIpc) is 1.79. The molecule has 0 spiro atoms. The first-order valence-corrected chi connectivity index (χ1v) is 3.59. The molecule has 0 aromatic rings. The average molecular weight is 158 g/mol. The largest absolute Gasteiger partial charge is 0.358 e. The van der Waals surface area contributed by atoms with Crippen molar-refractivity contribution < 1.29 is 19.4 Å². The summed E-state index contributed by atoms with van der Waals surface area (Å²) in [6.45, 7) is 1.19. The Morgan fingerprint density at radius 1 is 1.27 bits per heavy atom. The van der Waals surface area contributed by atoms with Gasteiger partial charge in [-0.05, 0) is 12.8 Å². The van der Waals surface area contributed by atoms with Gasteiger partial charge < -0.3 is 0 Å². The van der Waals surface area contributed by atoms with Gasteiger partial charge in [0.15, 0.2) is 0 Å². The zero-order valence-corrected chi connectivity index (χ0v) is 6.33. The van der Waals surface area contributed by atoms with E-state index in [-0.39, 0.29) is 5.92 Å². The zero-order valence-electron chi connectivity index (χ0n) is 6.33. The van der Waals surface area contributed by atoms with Gasteiger partial charge in [-0.3, -0.25) is 0 Å². The Labute approximate surface area is 64.4 Å². The van der Waals surface area contributed by atoms with Gasteiger partial charge in [-0.25, -0.2) is 19.4 Å². The Balaban J connectivity index is 2.15. The van der Waals surface area contributed by atoms with Gasteiger partial charge in [0.2, 0.25) is 0 Å². The van der Waals surface area contributed by atoms with Crippen LogP contribution < -0.4 is 0 Å². The third kappa shape index (κ3) is 2.22. The highest BCUT2D eigenvalue weighted by molar-refractivity contribution is 5.74. The first-order chi connectivity index (χ1) is 5.20. The highest BCUT2D eigenvalue weighted by atomic mass is 17.2. The maximum Gasteiger partial charge on any atom is 0.358 e. The molecule has 1 fully saturated rings. The Bertz CT molecular complexity index is 171. The van der Waals surface area contributed by atoms with Crippen molar-refractivity contribution in [1.82, 2.24) is 0 Å². The Morgan fingerprint density at radius 3 is 2.27 bits per heavy atom. The topological polar surface area (TPSA) is 52.6 Å². The van der Waals surface area contributed by atoms with E-state index >= 15 is 0 Å². The predicted octanol–water partition coefficient (Wildman–Crippen LogP) is 0.808. The predicted molar refractivity (Wildman–Crippen MR) is 35.2 cm³/mol. The lowest BCUT2D eigenvalue weighted by Crippen LogP contribution is -2.24. The van der Waals surface area contributed by atoms with E-state index in [9.17, 15) is 9.59 Å². The van der Waals surface area contributed by atoms with Gasteiger partial charge in [0.25, 0.3) is 0 Å². The molecule has 0 aromatic heterocycles. The number of carbonyl (C=O) groups is 2. The maximum absolute atomic E-state index is 10.8. The fourth-order valence-electron chi connectivity index (χ4n) is 0.812. The highest BCUT2D eigenvalue weighted by Crippen LogP contribution is 2.27. The molecular formula is C7H10O4. The van der Waals surface area contributed by atoms with Crippen molar-refractivity contribution >= 4 is 11.9 Å². The van der Waals surface area contributed by atoms with E-state index in [0.29, 0.717) is 0 Å². The van der Waals surface area contributed by atoms with Gasteiger partial charge in [-0.2, -0.15) is 0 Å². The monoisotopic (exact) mass is 158 g/mol. The van der Waals surface area contributed by atoms with Crippen LogP contribution in [0.15, 0.2) is 0 Å². The van der Waals surface area contributed by atoms with Crippen molar-refractivity contribution in [3.63, 3.8) is 0 Å². The van der Waals surface area contributed by atoms with Gasteiger partial charge in [-0.1, -0.05) is 6.42 Å². The van der Waals surface area contributed by atoms with E-state index in [4.69, 9.17) is 0 Å². The molecule has 1 rings (SSSR count). The number of carbonyl (C=O) groups excluding carboxylic acids is 2. The molecule has 0 saturated heterocycles. The Kier molecular flexibility index (Phi) is 2.46. The normalized spacial score (nSPS) is 16.8. The van der Waals surface area contributed by atoms with Crippen LogP contribution in [0.4, 0.5) is 0 Å². The number of hydrogen-bond donors (Lipinski definition) is 0. The Morgan fingerprint density at radius 2 is 1.91 bits per heavy atom. The van der Waals surface area contributed by atoms with Crippen LogP contribution in [0.3, 0.4) is 0 Å². The molecule has 1 saturated carbocycles. The summed E-state index contributed by atoms with van der Waals surface area (Å²) < 4.78 is 0. The second-order valence-electron chi connectivity index (χ2n) is 2.61. The van der Waals surface area contributed by atoms with Crippen LogP contribution >= 0.6 is 0 Å². The lowest BCUT2D eigenvalue weighted by molar-refractivity contribution is -0.262. The van der Waals surface area contributed by atoms with Crippen molar-refractivity contribution in [2.75, 3.05) is 0 Å². The lowest BCUT2D eigenvalue weighted by Gasteiger charge is -2.21. The van der Waals surface area contributed by atoms with Crippen LogP contribution in [0.1, 0.15) is 26.2 Å². The molecule has 0 atom stereocenters. The van der Waals surface area contributed by atoms with Crippen molar-refractivity contribution in [3.05, 3.63) is 0 Å². The molecule has 0 aromatic carbocycles. The fourth-order valence-corrected chi connectivity index (χ4v) is 0.812. The van der Waals surface area contributed by atoms with Gasteiger partial charge in [-0.15, -0.1) is 0 Å². The van der Waals surface area contributed by atoms with Gasteiger partial charge in [0, 0.05) is 6.92 Å². The second kappa shape index (κ2) is 3.37. The van der Waals surface area contributed by atoms with E-state index in [2.05, 4.69) is 9.78 Å². The molecule has 0 heterocycles. The molecular weight excluding hydrogens is 148 g/mol. The molecule has 0 radical (unpaired) electrons. The van der Waals surface area contributed by atoms with Crippen molar-refractivity contribution in [2.24, 2.45) is 5.92 Å². The van der Waals surface area contributed by atoms with Crippen molar-refractivity contribution in [3.8, 4) is 0 Å². The second-order valence-corrected chi connectivity index (χ2v) is 2.61. The molecule has 0 amide bonds. The maximum atomic E-state index is 10.8. The third-order valence-electron chi connectivity index (χ3n) is 1.68. The van der Waals surface area contributed by atoms with E-state index in [1.165, 1.54) is 6.92 Å². The highest BCUT2D eigenvalue weighted by Gasteiger charge is 2.28. The molecule has 1 aliphatic rings. The van der Waals surface area contributed by atoms with Gasteiger partial charge in [0.1, 0.15) is 0 Å². The van der Waals surface area contributed by atoms with Crippen LogP contribution in [0.5, 0.6) is 0 Å². The summed E-state index contributed by atoms with van der Waals surface area (Å²) in [4.78, 5) is 29.3. The van der Waals surface area contributed by atoms with Crippen LogP contribution in [0.25, 0.3) is 0 Å². The first-order valence-electron chi connectivity index (χ1n) is 3.59. The zero-order chi connectivity index (χ0) is 8.27. The summed E-state index contributed by atoms with van der Waals surface area (Å²) in [5, 5.41) is 0. The SMILES string of the molecule is CC(=O)OOC(=O)C1CCC1. The molecule has 4 heteroatoms. The van der Waals surface area contributed by atoms with Crippen LogP contribution in [-0.2, 0) is 19.4 Å². The summed E-state index contributed by atoms with van der Waals surface area (Å²) in [6, 6.07) is 0. The minimum absolute atomic E-state index is 0.0469. The third-order valence-corrected chi connectivity index (χ3v) is 1.68. The molecule has 4 nitrogen and oxygen atoms in total. The van der Waals surface area contributed by atoms with Crippen LogP contribution in [0.2, 0.25) is 0 Å². The number of rotatable bonds is 1. The lowest BCUT2D eigenvalue weighted by atomic mass is 9.86. The summed E-state index contributed by atoms with van der Waals surface area (Å²) in [5.41, 5.74) is 0. The van der Waals surface area contributed by atoms with Crippen LogP contribution in [0, 0.1) is 5.92 Å². The summed E-state index contributed by atoms with van der Waals surface area (Å²) in [7, 11) is 0. The molecule has 11 heavy (non-hydrogen) atoms. The fraction of sp³-hybridized carbons (Fsp3) is 0.714. The Hall–Kier alpha value is -1.06. The molecule has 0 aliphatic heterocycles. The standard InChI is InChI=1S/C7H10O4/c1-5(8)10-11-7(9)6-3-2-4-6/h6H,2-4H2,1H3. The summed E-state index contributed by atoms with van der Waals surface area (Å²) in [6.07, 6.45) is 2.75. The molecule has 62 valence electrons. The van der Waals surface area contributed by atoms with Crippen molar-refractivity contribution in [1.29, 1.82) is 0 Å². The first kappa shape index (κ1) is 8.04. The van der Waals surface area contributed by atoms with Gasteiger partial charge >= 0.3 is 11.9 Å². The molecule has 0 unspecified atom stereocenters. The van der Waals surface area contributed by atoms with E-state index < -0.39 is 11.9 Å². The van der Waals surface area contributed by atoms with E-state index in [1.807, 2.05) is 0 Å². The minimum Gasteiger partial charge on any atom is -0.248 e. The van der Waals surface area contributed by atoms with Crippen LogP contribution in [-0.4, -0.2) is 11.9 Å². The van der Waals surface area contributed by atoms with Gasteiger partial charge in [0.05, 0.1) is 5.92 Å². The molecule has 1 aliphatic carbocycles. The number of hydrogen-bond acceptors (Lipinski definition) is 4.